The fraction of sp³-hybridized carbons (Fsp3) is 1.00. The summed E-state index contributed by atoms with van der Waals surface area (Å²) in [6.07, 6.45) is 2.92. The molecule has 0 radical (unpaired) electrons. The smallest absolute Gasteiger partial charge is 0.319 e. The highest BCUT2D eigenvalue weighted by molar-refractivity contribution is 6.43. The number of nitrogens with one attached hydrogen (secondary N) is 1. The third kappa shape index (κ3) is 5.71. The minimum Gasteiger partial charge on any atom is -0.413 e. The van der Waals surface area contributed by atoms with Crippen LogP contribution in [0.1, 0.15) is 33.1 Å². The van der Waals surface area contributed by atoms with Crippen molar-refractivity contribution in [3.05, 3.63) is 0 Å². The molecule has 1 atom stereocenters. The van der Waals surface area contributed by atoms with Crippen molar-refractivity contribution in [3.63, 3.8) is 0 Å². The van der Waals surface area contributed by atoms with Gasteiger partial charge < -0.3 is 14.9 Å². The van der Waals surface area contributed by atoms with Crippen LogP contribution in [-0.4, -0.2) is 32.0 Å². The molecule has 0 rings (SSSR count). The SMILES string of the molecule is CCCNCCC(CC)[SiH](O)O. The Morgan fingerprint density at radius 1 is 1.25 bits per heavy atom. The molecular weight excluding hydrogens is 170 g/mol. The van der Waals surface area contributed by atoms with E-state index in [9.17, 15) is 0 Å². The number of hydrogen-bond acceptors (Lipinski definition) is 3. The summed E-state index contributed by atoms with van der Waals surface area (Å²) in [5.74, 6) is 0. The lowest BCUT2D eigenvalue weighted by Crippen LogP contribution is -2.25. The normalized spacial score (nSPS) is 13.8. The van der Waals surface area contributed by atoms with Gasteiger partial charge in [0.1, 0.15) is 0 Å². The van der Waals surface area contributed by atoms with Crippen LogP contribution in [0.4, 0.5) is 0 Å². The molecule has 0 aromatic carbocycles. The number of hydrogen-bond donors (Lipinski definition) is 3. The molecule has 0 bridgehead atoms. The second-order valence-corrected chi connectivity index (χ2v) is 4.89. The van der Waals surface area contributed by atoms with Crippen LogP contribution >= 0.6 is 0 Å². The van der Waals surface area contributed by atoms with Gasteiger partial charge in [0.2, 0.25) is 0 Å². The van der Waals surface area contributed by atoms with Crippen LogP contribution in [0.15, 0.2) is 0 Å². The van der Waals surface area contributed by atoms with Gasteiger partial charge in [0.25, 0.3) is 0 Å². The molecule has 0 aromatic rings. The molecule has 0 aliphatic carbocycles. The topological polar surface area (TPSA) is 52.5 Å². The van der Waals surface area contributed by atoms with E-state index in [2.05, 4.69) is 12.2 Å². The third-order valence-electron chi connectivity index (χ3n) is 2.06. The summed E-state index contributed by atoms with van der Waals surface area (Å²) in [6.45, 7) is 6.08. The third-order valence-corrected chi connectivity index (χ3v) is 3.71. The molecule has 0 aliphatic rings. The van der Waals surface area contributed by atoms with E-state index < -0.39 is 9.28 Å². The zero-order chi connectivity index (χ0) is 9.40. The second-order valence-electron chi connectivity index (χ2n) is 3.12. The summed E-state index contributed by atoms with van der Waals surface area (Å²) in [7, 11) is -2.38. The van der Waals surface area contributed by atoms with Crippen molar-refractivity contribution >= 4 is 9.28 Å². The first-order chi connectivity index (χ1) is 5.72. The first-order valence-electron chi connectivity index (χ1n) is 4.79. The van der Waals surface area contributed by atoms with Crippen LogP contribution < -0.4 is 5.32 Å². The minimum absolute atomic E-state index is 0.161. The van der Waals surface area contributed by atoms with Crippen molar-refractivity contribution in [1.82, 2.24) is 5.32 Å². The van der Waals surface area contributed by atoms with Crippen LogP contribution in [-0.2, 0) is 0 Å². The van der Waals surface area contributed by atoms with Crippen molar-refractivity contribution in [1.29, 1.82) is 0 Å². The lowest BCUT2D eigenvalue weighted by molar-refractivity contribution is 0.373. The summed E-state index contributed by atoms with van der Waals surface area (Å²) in [4.78, 5) is 18.1. The maximum Gasteiger partial charge on any atom is 0.319 e. The predicted octanol–water partition coefficient (Wildman–Crippen LogP) is 0.361. The standard InChI is InChI=1S/C8H21NO2Si/c1-3-6-9-7-5-8(4-2)12(10)11/h8-12H,3-7H2,1-2H3. The van der Waals surface area contributed by atoms with Gasteiger partial charge in [-0.15, -0.1) is 0 Å². The van der Waals surface area contributed by atoms with Gasteiger partial charge in [-0.1, -0.05) is 20.3 Å². The maximum atomic E-state index is 9.04. The van der Waals surface area contributed by atoms with E-state index in [1.165, 1.54) is 0 Å². The molecule has 4 heteroatoms. The molecule has 0 saturated heterocycles. The first-order valence-corrected chi connectivity index (χ1v) is 6.49. The Balaban J connectivity index is 3.32. The van der Waals surface area contributed by atoms with E-state index in [1.54, 1.807) is 0 Å². The van der Waals surface area contributed by atoms with Crippen molar-refractivity contribution < 1.29 is 9.59 Å². The van der Waals surface area contributed by atoms with Gasteiger partial charge in [0.15, 0.2) is 0 Å². The van der Waals surface area contributed by atoms with Gasteiger partial charge in [-0.05, 0) is 25.9 Å². The summed E-state index contributed by atoms with van der Waals surface area (Å²) in [6, 6.07) is 0. The first kappa shape index (κ1) is 12.1. The van der Waals surface area contributed by atoms with E-state index in [1.807, 2.05) is 6.92 Å². The summed E-state index contributed by atoms with van der Waals surface area (Å²) >= 11 is 0. The van der Waals surface area contributed by atoms with E-state index in [0.717, 1.165) is 32.4 Å². The van der Waals surface area contributed by atoms with E-state index in [0.29, 0.717) is 0 Å². The minimum atomic E-state index is -2.38. The Morgan fingerprint density at radius 2 is 1.92 bits per heavy atom. The van der Waals surface area contributed by atoms with Gasteiger partial charge in [-0.2, -0.15) is 0 Å². The van der Waals surface area contributed by atoms with Gasteiger partial charge >= 0.3 is 9.28 Å². The van der Waals surface area contributed by atoms with E-state index in [4.69, 9.17) is 9.59 Å². The maximum absolute atomic E-state index is 9.04. The average molecular weight is 191 g/mol. The zero-order valence-electron chi connectivity index (χ0n) is 8.08. The fourth-order valence-corrected chi connectivity index (χ4v) is 2.04. The Morgan fingerprint density at radius 3 is 2.33 bits per heavy atom. The average Bonchev–Trinajstić information content (AvgIpc) is 2.04. The molecule has 12 heavy (non-hydrogen) atoms. The molecule has 3 nitrogen and oxygen atoms in total. The van der Waals surface area contributed by atoms with Gasteiger partial charge in [-0.3, -0.25) is 0 Å². The predicted molar refractivity (Wildman–Crippen MR) is 53.4 cm³/mol. The molecule has 0 fully saturated rings. The molecule has 0 spiro atoms. The fourth-order valence-electron chi connectivity index (χ4n) is 1.15. The Labute approximate surface area is 76.7 Å². The van der Waals surface area contributed by atoms with Crippen LogP contribution in [0.5, 0.6) is 0 Å². The van der Waals surface area contributed by atoms with Gasteiger partial charge in [0.05, 0.1) is 0 Å². The van der Waals surface area contributed by atoms with Crippen molar-refractivity contribution in [2.24, 2.45) is 0 Å². The summed E-state index contributed by atoms with van der Waals surface area (Å²) in [5.41, 5.74) is 0.161. The van der Waals surface area contributed by atoms with Crippen LogP contribution in [0, 0.1) is 0 Å². The summed E-state index contributed by atoms with van der Waals surface area (Å²) in [5, 5.41) is 3.25. The lowest BCUT2D eigenvalue weighted by atomic mass is 10.2. The van der Waals surface area contributed by atoms with Crippen LogP contribution in [0.25, 0.3) is 0 Å². The molecule has 74 valence electrons. The molecular formula is C8H21NO2Si. The molecule has 3 N–H and O–H groups in total. The van der Waals surface area contributed by atoms with E-state index >= 15 is 0 Å². The molecule has 0 aliphatic heterocycles. The molecule has 0 aromatic heterocycles. The Bertz CT molecular complexity index is 101. The Kier molecular flexibility index (Phi) is 7.79. The highest BCUT2D eigenvalue weighted by Crippen LogP contribution is 2.15. The van der Waals surface area contributed by atoms with Crippen molar-refractivity contribution in [2.45, 2.75) is 38.7 Å². The largest absolute Gasteiger partial charge is 0.413 e. The van der Waals surface area contributed by atoms with Crippen LogP contribution in [0.2, 0.25) is 5.54 Å². The number of rotatable bonds is 7. The molecule has 0 heterocycles. The molecule has 0 saturated carbocycles. The van der Waals surface area contributed by atoms with Gasteiger partial charge in [0, 0.05) is 5.54 Å². The highest BCUT2D eigenvalue weighted by atomic mass is 28.3. The van der Waals surface area contributed by atoms with Crippen LogP contribution in [0.3, 0.4) is 0 Å². The molecule has 0 amide bonds. The van der Waals surface area contributed by atoms with Crippen molar-refractivity contribution in [3.8, 4) is 0 Å². The molecule has 1 unspecified atom stereocenters. The summed E-state index contributed by atoms with van der Waals surface area (Å²) < 4.78 is 0. The van der Waals surface area contributed by atoms with E-state index in [-0.39, 0.29) is 5.54 Å². The Hall–Kier alpha value is 0.0969. The highest BCUT2D eigenvalue weighted by Gasteiger charge is 2.16. The van der Waals surface area contributed by atoms with Gasteiger partial charge in [-0.25, -0.2) is 0 Å². The lowest BCUT2D eigenvalue weighted by Gasteiger charge is -2.14. The van der Waals surface area contributed by atoms with Crippen molar-refractivity contribution in [2.75, 3.05) is 13.1 Å². The zero-order valence-corrected chi connectivity index (χ0v) is 9.24. The second kappa shape index (κ2) is 7.73. The quantitative estimate of drug-likeness (QED) is 0.402. The monoisotopic (exact) mass is 191 g/mol.